The number of hydrogen-bond donors (Lipinski definition) is 0. The van der Waals surface area contributed by atoms with Crippen LogP contribution < -0.4 is 18.9 Å². The molecule has 0 aromatic rings. The zero-order valence-electron chi connectivity index (χ0n) is 5.47. The second-order valence-electron chi connectivity index (χ2n) is 1.56. The first kappa shape index (κ1) is 9.81. The molecule has 0 radical (unpaired) electrons. The number of hydrogen-bond acceptors (Lipinski definition) is 2. The van der Waals surface area contributed by atoms with Crippen LogP contribution in [0, 0.1) is 5.88 Å². The van der Waals surface area contributed by atoms with Gasteiger partial charge in [-0.3, -0.25) is 0 Å². The van der Waals surface area contributed by atoms with E-state index in [-0.39, 0.29) is 25.2 Å². The van der Waals surface area contributed by atoms with E-state index in [0.29, 0.717) is 19.6 Å². The summed E-state index contributed by atoms with van der Waals surface area (Å²) in [6.07, 6.45) is 0.606. The van der Waals surface area contributed by atoms with Crippen LogP contribution in [-0.2, 0) is 9.47 Å². The van der Waals surface area contributed by atoms with Crippen molar-refractivity contribution in [3.63, 3.8) is 0 Å². The molecule has 4 heteroatoms. The van der Waals surface area contributed by atoms with Crippen molar-refractivity contribution in [3.8, 4) is 0 Å². The molecule has 0 N–H and O–H groups in total. The average Bonchev–Trinajstić information content (AvgIpc) is 2.19. The Bertz CT molecular complexity index is 66.0. The molecular weight excluding hydrogens is 134 g/mol. The monoisotopic (exact) mass is 142 g/mol. The second kappa shape index (κ2) is 5.58. The fourth-order valence-electron chi connectivity index (χ4n) is 0.616. The molecule has 0 saturated carbocycles. The minimum atomic E-state index is -0.0764. The Morgan fingerprint density at radius 2 is 2.00 bits per heavy atom. The van der Waals surface area contributed by atoms with Crippen molar-refractivity contribution in [2.75, 3.05) is 13.2 Å². The normalized spacial score (nSPS) is 19.7. The molecule has 0 aliphatic carbocycles. The fraction of sp³-hybridized carbons (Fsp3) is 0.800. The Hall–Kier alpha value is 0.807. The molecule has 0 spiro atoms. The topological polar surface area (TPSA) is 18.5 Å². The van der Waals surface area contributed by atoms with Crippen molar-refractivity contribution in [2.24, 2.45) is 0 Å². The Morgan fingerprint density at radius 3 is 2.44 bits per heavy atom. The first-order valence-electron chi connectivity index (χ1n) is 2.58. The van der Waals surface area contributed by atoms with E-state index < -0.39 is 0 Å². The standard InChI is InChI=1S/C5H8ClO2.Li/c6-2-1-5-7-3-4-8-5;/h2,5H,1,3-4H2;/q-1;+1. The Morgan fingerprint density at radius 1 is 1.44 bits per heavy atom. The molecule has 2 nitrogen and oxygen atoms in total. The summed E-state index contributed by atoms with van der Waals surface area (Å²) in [5, 5.41) is 0. The first-order chi connectivity index (χ1) is 3.93. The summed E-state index contributed by atoms with van der Waals surface area (Å²) >= 11 is 5.30. The Balaban J connectivity index is 0.000000640. The van der Waals surface area contributed by atoms with Crippen molar-refractivity contribution < 1.29 is 28.3 Å². The van der Waals surface area contributed by atoms with E-state index in [4.69, 9.17) is 21.1 Å². The molecule has 0 atom stereocenters. The number of rotatable bonds is 2. The molecule has 1 rings (SSSR count). The van der Waals surface area contributed by atoms with E-state index in [2.05, 4.69) is 0 Å². The second-order valence-corrected chi connectivity index (χ2v) is 1.87. The van der Waals surface area contributed by atoms with Crippen LogP contribution in [0.4, 0.5) is 0 Å². The van der Waals surface area contributed by atoms with Crippen LogP contribution in [0.1, 0.15) is 6.42 Å². The summed E-state index contributed by atoms with van der Waals surface area (Å²) in [6, 6.07) is 0. The van der Waals surface area contributed by atoms with Crippen molar-refractivity contribution in [2.45, 2.75) is 12.7 Å². The molecule has 9 heavy (non-hydrogen) atoms. The van der Waals surface area contributed by atoms with Gasteiger partial charge in [0.25, 0.3) is 0 Å². The molecular formula is C5H8ClLiO2. The molecule has 48 valence electrons. The van der Waals surface area contributed by atoms with Gasteiger partial charge in [0.05, 0.1) is 13.2 Å². The van der Waals surface area contributed by atoms with Crippen LogP contribution in [0.2, 0.25) is 0 Å². The van der Waals surface area contributed by atoms with Crippen molar-refractivity contribution in [1.29, 1.82) is 0 Å². The van der Waals surface area contributed by atoms with Crippen LogP contribution in [0.25, 0.3) is 0 Å². The van der Waals surface area contributed by atoms with Crippen molar-refractivity contribution in [1.82, 2.24) is 0 Å². The molecule has 0 unspecified atom stereocenters. The zero-order chi connectivity index (χ0) is 5.82. The quantitative estimate of drug-likeness (QED) is 0.333. The zero-order valence-corrected chi connectivity index (χ0v) is 6.23. The largest absolute Gasteiger partial charge is 1.00 e. The van der Waals surface area contributed by atoms with E-state index in [0.717, 1.165) is 0 Å². The van der Waals surface area contributed by atoms with Gasteiger partial charge in [-0.15, -0.1) is 6.42 Å². The number of ether oxygens (including phenoxy) is 2. The predicted octanol–water partition coefficient (Wildman–Crippen LogP) is -1.85. The molecule has 1 fully saturated rings. The van der Waals surface area contributed by atoms with Gasteiger partial charge < -0.3 is 21.1 Å². The van der Waals surface area contributed by atoms with Gasteiger partial charge in [-0.05, 0) is 0 Å². The van der Waals surface area contributed by atoms with Crippen LogP contribution in [0.15, 0.2) is 0 Å². The SMILES string of the molecule is Cl[CH-]CC1OCCO1.[Li+]. The third-order valence-electron chi connectivity index (χ3n) is 0.972. The summed E-state index contributed by atoms with van der Waals surface area (Å²) in [7, 11) is 0. The summed E-state index contributed by atoms with van der Waals surface area (Å²) < 4.78 is 10.1. The van der Waals surface area contributed by atoms with Crippen LogP contribution in [0.5, 0.6) is 0 Å². The molecule has 0 aromatic carbocycles. The molecule has 0 bridgehead atoms. The van der Waals surface area contributed by atoms with Gasteiger partial charge in [-0.2, -0.15) is 0 Å². The van der Waals surface area contributed by atoms with Gasteiger partial charge in [0.15, 0.2) is 0 Å². The van der Waals surface area contributed by atoms with Gasteiger partial charge in [0.1, 0.15) is 6.29 Å². The minimum Gasteiger partial charge on any atom is -0.353 e. The van der Waals surface area contributed by atoms with Crippen molar-refractivity contribution >= 4 is 11.6 Å². The first-order valence-corrected chi connectivity index (χ1v) is 3.02. The maximum atomic E-state index is 5.30. The van der Waals surface area contributed by atoms with Gasteiger partial charge in [0.2, 0.25) is 0 Å². The fourth-order valence-corrected chi connectivity index (χ4v) is 0.762. The summed E-state index contributed by atoms with van der Waals surface area (Å²) in [5.41, 5.74) is 0. The molecule has 0 aromatic heterocycles. The summed E-state index contributed by atoms with van der Waals surface area (Å²) in [5.74, 6) is 1.52. The summed E-state index contributed by atoms with van der Waals surface area (Å²) in [4.78, 5) is 0. The van der Waals surface area contributed by atoms with Crippen LogP contribution in [-0.4, -0.2) is 19.5 Å². The smallest absolute Gasteiger partial charge is 0.353 e. The Kier molecular flexibility index (Phi) is 6.08. The van der Waals surface area contributed by atoms with Gasteiger partial charge in [-0.25, -0.2) is 5.88 Å². The Labute approximate surface area is 72.0 Å². The average molecular weight is 143 g/mol. The van der Waals surface area contributed by atoms with Gasteiger partial charge in [0, 0.05) is 0 Å². The van der Waals surface area contributed by atoms with E-state index >= 15 is 0 Å². The summed E-state index contributed by atoms with van der Waals surface area (Å²) in [6.45, 7) is 1.41. The van der Waals surface area contributed by atoms with Gasteiger partial charge in [-0.1, -0.05) is 0 Å². The number of halogens is 1. The van der Waals surface area contributed by atoms with E-state index in [9.17, 15) is 0 Å². The predicted molar refractivity (Wildman–Crippen MR) is 30.5 cm³/mol. The molecule has 1 saturated heterocycles. The minimum absolute atomic E-state index is 0. The molecule has 1 aliphatic heterocycles. The van der Waals surface area contributed by atoms with Crippen molar-refractivity contribution in [3.05, 3.63) is 5.88 Å². The van der Waals surface area contributed by atoms with Gasteiger partial charge >= 0.3 is 18.9 Å². The molecule has 1 heterocycles. The maximum Gasteiger partial charge on any atom is 1.00 e. The third kappa shape index (κ3) is 3.49. The molecule has 0 amide bonds. The van der Waals surface area contributed by atoms with Crippen LogP contribution in [0.3, 0.4) is 0 Å². The van der Waals surface area contributed by atoms with E-state index in [1.807, 2.05) is 0 Å². The van der Waals surface area contributed by atoms with E-state index in [1.54, 1.807) is 0 Å². The maximum absolute atomic E-state index is 5.30. The molecule has 1 aliphatic rings. The van der Waals surface area contributed by atoms with E-state index in [1.165, 1.54) is 5.88 Å². The third-order valence-corrected chi connectivity index (χ3v) is 1.15. The van der Waals surface area contributed by atoms with Crippen LogP contribution >= 0.6 is 11.6 Å².